The molecule has 1 nitrogen and oxygen atoms in total. The van der Waals surface area contributed by atoms with E-state index >= 15 is 0 Å². The highest BCUT2D eigenvalue weighted by Crippen LogP contribution is 1.93. The quantitative estimate of drug-likeness (QED) is 0.429. The molecule has 1 atom stereocenters. The highest BCUT2D eigenvalue weighted by Gasteiger charge is 1.92. The molecule has 0 aliphatic heterocycles. The van der Waals surface area contributed by atoms with Gasteiger partial charge in [0.05, 0.1) is 0 Å². The molecule has 0 aromatic heterocycles. The highest BCUT2D eigenvalue weighted by molar-refractivity contribution is 4.93. The van der Waals surface area contributed by atoms with E-state index in [2.05, 4.69) is 6.58 Å². The largest absolute Gasteiger partial charge is 0.229 e. The van der Waals surface area contributed by atoms with Crippen LogP contribution in [0.1, 0.15) is 13.8 Å². The standard InChI is InChI=1S/C5H9O/c1-4(2)5(3)6/h5H,1H2,2-3H3. The van der Waals surface area contributed by atoms with Crippen LogP contribution in [-0.2, 0) is 5.11 Å². The Bertz CT molecular complexity index is 55.0. The van der Waals surface area contributed by atoms with Gasteiger partial charge in [-0.25, -0.2) is 5.11 Å². The zero-order valence-corrected chi connectivity index (χ0v) is 4.19. The van der Waals surface area contributed by atoms with Gasteiger partial charge in [-0.15, -0.1) is 0 Å². The minimum Gasteiger partial charge on any atom is -0.229 e. The zero-order chi connectivity index (χ0) is 5.15. The fraction of sp³-hybridized carbons (Fsp3) is 0.600. The first-order valence-corrected chi connectivity index (χ1v) is 1.96. The Morgan fingerprint density at radius 3 is 2.00 bits per heavy atom. The van der Waals surface area contributed by atoms with Crippen LogP contribution in [0.3, 0.4) is 0 Å². The van der Waals surface area contributed by atoms with E-state index in [0.717, 1.165) is 0 Å². The van der Waals surface area contributed by atoms with Crippen LogP contribution in [0.25, 0.3) is 0 Å². The van der Waals surface area contributed by atoms with Crippen molar-refractivity contribution in [3.8, 4) is 0 Å². The van der Waals surface area contributed by atoms with Gasteiger partial charge in [0.2, 0.25) is 0 Å². The Labute approximate surface area is 38.3 Å². The van der Waals surface area contributed by atoms with Crippen molar-refractivity contribution in [3.63, 3.8) is 0 Å². The Morgan fingerprint density at radius 1 is 1.83 bits per heavy atom. The monoisotopic (exact) mass is 85.1 g/mol. The van der Waals surface area contributed by atoms with E-state index in [1.165, 1.54) is 0 Å². The van der Waals surface area contributed by atoms with E-state index in [4.69, 9.17) is 0 Å². The fourth-order valence-corrected chi connectivity index (χ4v) is 0. The van der Waals surface area contributed by atoms with Crippen LogP contribution >= 0.6 is 0 Å². The molecule has 0 spiro atoms. The molecule has 0 saturated heterocycles. The Balaban J connectivity index is 3.26. The van der Waals surface area contributed by atoms with Crippen molar-refractivity contribution in [3.05, 3.63) is 12.2 Å². The van der Waals surface area contributed by atoms with Crippen LogP contribution in [-0.4, -0.2) is 6.10 Å². The highest BCUT2D eigenvalue weighted by atomic mass is 16.3. The lowest BCUT2D eigenvalue weighted by Gasteiger charge is -1.93. The lowest BCUT2D eigenvalue weighted by Crippen LogP contribution is -1.95. The Kier molecular flexibility index (Phi) is 1.88. The second-order valence-corrected chi connectivity index (χ2v) is 1.49. The van der Waals surface area contributed by atoms with Crippen molar-refractivity contribution >= 4 is 0 Å². The second-order valence-electron chi connectivity index (χ2n) is 1.49. The van der Waals surface area contributed by atoms with Gasteiger partial charge >= 0.3 is 0 Å². The van der Waals surface area contributed by atoms with Crippen LogP contribution in [0.2, 0.25) is 0 Å². The van der Waals surface area contributed by atoms with E-state index in [-0.39, 0.29) is 0 Å². The van der Waals surface area contributed by atoms with Gasteiger partial charge in [0.15, 0.2) is 0 Å². The van der Waals surface area contributed by atoms with Crippen LogP contribution in [0, 0.1) is 0 Å². The molecule has 0 N–H and O–H groups in total. The zero-order valence-electron chi connectivity index (χ0n) is 4.19. The lowest BCUT2D eigenvalue weighted by molar-refractivity contribution is 0.136. The first-order valence-electron chi connectivity index (χ1n) is 1.96. The summed E-state index contributed by atoms with van der Waals surface area (Å²) in [7, 11) is 0. The van der Waals surface area contributed by atoms with Crippen molar-refractivity contribution in [1.29, 1.82) is 0 Å². The maximum absolute atomic E-state index is 10.1. The summed E-state index contributed by atoms with van der Waals surface area (Å²) >= 11 is 0. The van der Waals surface area contributed by atoms with Gasteiger partial charge in [-0.05, 0) is 19.4 Å². The van der Waals surface area contributed by atoms with Crippen LogP contribution < -0.4 is 0 Å². The molecule has 1 radical (unpaired) electrons. The average molecular weight is 85.1 g/mol. The molecule has 0 heterocycles. The molecule has 1 unspecified atom stereocenters. The number of hydrogen-bond acceptors (Lipinski definition) is 0. The smallest absolute Gasteiger partial charge is 0.111 e. The van der Waals surface area contributed by atoms with Gasteiger partial charge in [0.25, 0.3) is 0 Å². The number of hydrogen-bond donors (Lipinski definition) is 0. The third-order valence-electron chi connectivity index (χ3n) is 0.694. The summed E-state index contributed by atoms with van der Waals surface area (Å²) in [6.07, 6.45) is -0.593. The molecule has 0 rings (SSSR count). The summed E-state index contributed by atoms with van der Waals surface area (Å²) in [5.74, 6) is 0. The van der Waals surface area contributed by atoms with Gasteiger partial charge < -0.3 is 0 Å². The normalized spacial score (nSPS) is 13.8. The van der Waals surface area contributed by atoms with Gasteiger partial charge in [-0.1, -0.05) is 6.58 Å². The third-order valence-corrected chi connectivity index (χ3v) is 0.694. The topological polar surface area (TPSA) is 19.9 Å². The minimum absolute atomic E-state index is 0.593. The van der Waals surface area contributed by atoms with E-state index in [0.29, 0.717) is 5.57 Å². The summed E-state index contributed by atoms with van der Waals surface area (Å²) in [5.41, 5.74) is 0.704. The molecule has 0 fully saturated rings. The van der Waals surface area contributed by atoms with Crippen LogP contribution in [0.5, 0.6) is 0 Å². The molecule has 0 saturated carbocycles. The van der Waals surface area contributed by atoms with Gasteiger partial charge in [-0.3, -0.25) is 0 Å². The SMILES string of the molecule is C=C(C)C(C)[O]. The Morgan fingerprint density at radius 2 is 2.00 bits per heavy atom. The van der Waals surface area contributed by atoms with Crippen LogP contribution in [0.15, 0.2) is 12.2 Å². The summed E-state index contributed by atoms with van der Waals surface area (Å²) in [5, 5.41) is 10.1. The van der Waals surface area contributed by atoms with Crippen molar-refractivity contribution in [2.45, 2.75) is 20.0 Å². The first kappa shape index (κ1) is 5.70. The maximum atomic E-state index is 10.1. The second kappa shape index (κ2) is 1.98. The van der Waals surface area contributed by atoms with Gasteiger partial charge in [0, 0.05) is 0 Å². The molecule has 0 aliphatic rings. The molecule has 0 aromatic carbocycles. The molecule has 0 bridgehead atoms. The van der Waals surface area contributed by atoms with E-state index in [9.17, 15) is 5.11 Å². The summed E-state index contributed by atoms with van der Waals surface area (Å²) in [6, 6.07) is 0. The lowest BCUT2D eigenvalue weighted by atomic mass is 10.2. The molecule has 6 heavy (non-hydrogen) atoms. The van der Waals surface area contributed by atoms with Crippen molar-refractivity contribution in [2.75, 3.05) is 0 Å². The average Bonchev–Trinajstić information content (AvgIpc) is 1.36. The van der Waals surface area contributed by atoms with Crippen LogP contribution in [0.4, 0.5) is 0 Å². The van der Waals surface area contributed by atoms with Crippen molar-refractivity contribution in [1.82, 2.24) is 0 Å². The van der Waals surface area contributed by atoms with Crippen molar-refractivity contribution < 1.29 is 5.11 Å². The van der Waals surface area contributed by atoms with Crippen molar-refractivity contribution in [2.24, 2.45) is 0 Å². The number of rotatable bonds is 1. The summed E-state index contributed by atoms with van der Waals surface area (Å²) in [4.78, 5) is 0. The molecular weight excluding hydrogens is 76.1 g/mol. The fourth-order valence-electron chi connectivity index (χ4n) is 0. The molecule has 1 heteroatoms. The third kappa shape index (κ3) is 1.97. The minimum atomic E-state index is -0.593. The predicted molar refractivity (Wildman–Crippen MR) is 25.0 cm³/mol. The summed E-state index contributed by atoms with van der Waals surface area (Å²) in [6.45, 7) is 6.76. The van der Waals surface area contributed by atoms with E-state index in [1.54, 1.807) is 13.8 Å². The maximum Gasteiger partial charge on any atom is 0.111 e. The molecule has 0 aromatic rings. The first-order chi connectivity index (χ1) is 2.64. The van der Waals surface area contributed by atoms with E-state index < -0.39 is 6.10 Å². The molecule has 0 aliphatic carbocycles. The van der Waals surface area contributed by atoms with Gasteiger partial charge in [-0.2, -0.15) is 0 Å². The van der Waals surface area contributed by atoms with Gasteiger partial charge in [0.1, 0.15) is 6.10 Å². The molecular formula is C5H9O. The molecule has 35 valence electrons. The molecule has 0 amide bonds. The predicted octanol–water partition coefficient (Wildman–Crippen LogP) is 1.38. The summed E-state index contributed by atoms with van der Waals surface area (Å²) < 4.78 is 0. The van der Waals surface area contributed by atoms with E-state index in [1.807, 2.05) is 0 Å². The Hall–Kier alpha value is -0.300.